The topological polar surface area (TPSA) is 58.6 Å². The van der Waals surface area contributed by atoms with E-state index in [9.17, 15) is 4.79 Å². The first-order valence-corrected chi connectivity index (χ1v) is 7.15. The minimum absolute atomic E-state index is 0.269. The molecule has 0 amide bonds. The summed E-state index contributed by atoms with van der Waals surface area (Å²) >= 11 is 3.25. The van der Waals surface area contributed by atoms with Gasteiger partial charge in [-0.2, -0.15) is 0 Å². The van der Waals surface area contributed by atoms with Crippen LogP contribution in [-0.2, 0) is 4.74 Å². The summed E-state index contributed by atoms with van der Waals surface area (Å²) in [5.74, 6) is -0.400. The number of carbonyl (C=O) groups is 1. The van der Waals surface area contributed by atoms with Gasteiger partial charge in [-0.15, -0.1) is 0 Å². The molecule has 0 fully saturated rings. The van der Waals surface area contributed by atoms with E-state index in [-0.39, 0.29) is 5.56 Å². The Balaban J connectivity index is 2.41. The molecular weight excluding hydrogens is 310 g/mol. The zero-order valence-electron chi connectivity index (χ0n) is 11.3. The second-order valence-electron chi connectivity index (χ2n) is 4.72. The van der Waals surface area contributed by atoms with Crippen LogP contribution in [0, 0.1) is 5.92 Å². The predicted molar refractivity (Wildman–Crippen MR) is 79.9 cm³/mol. The van der Waals surface area contributed by atoms with Crippen molar-refractivity contribution in [2.75, 3.05) is 25.1 Å². The fraction of sp³-hybridized carbons (Fsp3) is 0.500. The van der Waals surface area contributed by atoms with Crippen molar-refractivity contribution in [3.8, 4) is 0 Å². The summed E-state index contributed by atoms with van der Waals surface area (Å²) < 4.78 is 6.05. The predicted octanol–water partition coefficient (Wildman–Crippen LogP) is 3.62. The Hall–Kier alpha value is -1.07. The monoisotopic (exact) mass is 329 g/mol. The van der Waals surface area contributed by atoms with E-state index < -0.39 is 5.97 Å². The molecule has 0 aliphatic heterocycles. The Morgan fingerprint density at radius 1 is 1.47 bits per heavy atom. The third-order valence-corrected chi connectivity index (χ3v) is 3.12. The molecule has 0 bridgehead atoms. The standard InChI is InChI=1S/C14H20BrNO3/c1-10(2)9-19-8-4-7-16-12-6-3-5-11(15)13(12)14(17)18/h3,5-6,10,16H,4,7-9H2,1-2H3,(H,17,18). The van der Waals surface area contributed by atoms with Crippen molar-refractivity contribution in [3.05, 3.63) is 28.2 Å². The van der Waals surface area contributed by atoms with Crippen molar-refractivity contribution in [3.63, 3.8) is 0 Å². The molecule has 2 N–H and O–H groups in total. The van der Waals surface area contributed by atoms with Gasteiger partial charge in [-0.3, -0.25) is 0 Å². The summed E-state index contributed by atoms with van der Waals surface area (Å²) in [7, 11) is 0. The van der Waals surface area contributed by atoms with Gasteiger partial charge in [0.25, 0.3) is 0 Å². The highest BCUT2D eigenvalue weighted by Crippen LogP contribution is 2.24. The molecular formula is C14H20BrNO3. The number of nitrogens with one attached hydrogen (secondary N) is 1. The molecule has 0 heterocycles. The molecule has 5 heteroatoms. The van der Waals surface area contributed by atoms with Gasteiger partial charge in [0.1, 0.15) is 0 Å². The summed E-state index contributed by atoms with van der Waals surface area (Å²) in [5, 5.41) is 12.3. The van der Waals surface area contributed by atoms with E-state index in [1.165, 1.54) is 0 Å². The number of halogens is 1. The Morgan fingerprint density at radius 2 is 2.21 bits per heavy atom. The summed E-state index contributed by atoms with van der Waals surface area (Å²) in [6, 6.07) is 5.30. The molecule has 19 heavy (non-hydrogen) atoms. The van der Waals surface area contributed by atoms with Crippen LogP contribution in [0.5, 0.6) is 0 Å². The first-order valence-electron chi connectivity index (χ1n) is 6.35. The number of hydrogen-bond acceptors (Lipinski definition) is 3. The second-order valence-corrected chi connectivity index (χ2v) is 5.57. The number of rotatable bonds is 8. The van der Waals surface area contributed by atoms with Gasteiger partial charge in [-0.05, 0) is 40.4 Å². The van der Waals surface area contributed by atoms with E-state index in [0.29, 0.717) is 29.2 Å². The zero-order chi connectivity index (χ0) is 14.3. The number of carboxylic acids is 1. The molecule has 0 aliphatic carbocycles. The fourth-order valence-corrected chi connectivity index (χ4v) is 2.14. The van der Waals surface area contributed by atoms with Gasteiger partial charge in [-0.25, -0.2) is 4.79 Å². The molecule has 1 aromatic carbocycles. The van der Waals surface area contributed by atoms with Gasteiger partial charge < -0.3 is 15.2 Å². The minimum atomic E-state index is -0.939. The first kappa shape index (κ1) is 16.0. The Labute approximate surface area is 122 Å². The number of anilines is 1. The summed E-state index contributed by atoms with van der Waals surface area (Å²) in [6.45, 7) is 6.35. The molecule has 1 rings (SSSR count). The summed E-state index contributed by atoms with van der Waals surface area (Å²) in [5.41, 5.74) is 0.899. The number of benzene rings is 1. The first-order chi connectivity index (χ1) is 9.02. The van der Waals surface area contributed by atoms with Crippen molar-refractivity contribution in [1.82, 2.24) is 0 Å². The average Bonchev–Trinajstić information content (AvgIpc) is 2.32. The van der Waals surface area contributed by atoms with Crippen LogP contribution in [0.3, 0.4) is 0 Å². The Kier molecular flexibility index (Phi) is 6.87. The van der Waals surface area contributed by atoms with Crippen LogP contribution < -0.4 is 5.32 Å². The number of carboxylic acid groups (broad SMARTS) is 1. The maximum absolute atomic E-state index is 11.2. The highest BCUT2D eigenvalue weighted by molar-refractivity contribution is 9.10. The highest BCUT2D eigenvalue weighted by atomic mass is 79.9. The van der Waals surface area contributed by atoms with Crippen LogP contribution in [0.2, 0.25) is 0 Å². The second kappa shape index (κ2) is 8.17. The van der Waals surface area contributed by atoms with Gasteiger partial charge in [0.15, 0.2) is 0 Å². The lowest BCUT2D eigenvalue weighted by molar-refractivity contribution is 0.0697. The Bertz CT molecular complexity index is 421. The quantitative estimate of drug-likeness (QED) is 0.715. The molecule has 0 spiro atoms. The van der Waals surface area contributed by atoms with E-state index in [0.717, 1.165) is 13.0 Å². The average molecular weight is 330 g/mol. The normalized spacial score (nSPS) is 10.7. The van der Waals surface area contributed by atoms with E-state index in [2.05, 4.69) is 35.1 Å². The number of ether oxygens (including phenoxy) is 1. The van der Waals surface area contributed by atoms with Crippen molar-refractivity contribution >= 4 is 27.6 Å². The van der Waals surface area contributed by atoms with Gasteiger partial charge in [-0.1, -0.05) is 19.9 Å². The van der Waals surface area contributed by atoms with Gasteiger partial charge in [0, 0.05) is 29.9 Å². The Morgan fingerprint density at radius 3 is 2.84 bits per heavy atom. The third kappa shape index (κ3) is 5.61. The lowest BCUT2D eigenvalue weighted by Gasteiger charge is -2.11. The molecule has 1 aromatic rings. The molecule has 0 saturated carbocycles. The summed E-state index contributed by atoms with van der Waals surface area (Å²) in [6.07, 6.45) is 0.846. The van der Waals surface area contributed by atoms with E-state index in [1.54, 1.807) is 12.1 Å². The fourth-order valence-electron chi connectivity index (χ4n) is 1.61. The van der Waals surface area contributed by atoms with Crippen LogP contribution in [0.1, 0.15) is 30.6 Å². The molecule has 0 radical (unpaired) electrons. The van der Waals surface area contributed by atoms with E-state index in [1.807, 2.05) is 6.07 Å². The van der Waals surface area contributed by atoms with Gasteiger partial charge in [0.05, 0.1) is 5.56 Å². The lowest BCUT2D eigenvalue weighted by atomic mass is 10.2. The van der Waals surface area contributed by atoms with E-state index >= 15 is 0 Å². The molecule has 0 atom stereocenters. The summed E-state index contributed by atoms with van der Waals surface area (Å²) in [4.78, 5) is 11.2. The zero-order valence-corrected chi connectivity index (χ0v) is 12.9. The van der Waals surface area contributed by atoms with Crippen LogP contribution in [0.4, 0.5) is 5.69 Å². The minimum Gasteiger partial charge on any atom is -0.478 e. The van der Waals surface area contributed by atoms with Crippen LogP contribution >= 0.6 is 15.9 Å². The van der Waals surface area contributed by atoms with E-state index in [4.69, 9.17) is 9.84 Å². The molecule has 0 saturated heterocycles. The number of hydrogen-bond donors (Lipinski definition) is 2. The lowest BCUT2D eigenvalue weighted by Crippen LogP contribution is -2.11. The van der Waals surface area contributed by atoms with Crippen LogP contribution in [0.25, 0.3) is 0 Å². The van der Waals surface area contributed by atoms with Crippen LogP contribution in [-0.4, -0.2) is 30.8 Å². The maximum atomic E-state index is 11.2. The van der Waals surface area contributed by atoms with Crippen molar-refractivity contribution in [1.29, 1.82) is 0 Å². The molecule has 0 aromatic heterocycles. The largest absolute Gasteiger partial charge is 0.478 e. The third-order valence-electron chi connectivity index (χ3n) is 2.46. The molecule has 0 aliphatic rings. The maximum Gasteiger partial charge on any atom is 0.338 e. The molecule has 106 valence electrons. The molecule has 4 nitrogen and oxygen atoms in total. The molecule has 0 unspecified atom stereocenters. The number of aromatic carboxylic acids is 1. The SMILES string of the molecule is CC(C)COCCCNc1cccc(Br)c1C(=O)O. The van der Waals surface area contributed by atoms with Gasteiger partial charge in [0.2, 0.25) is 0 Å². The van der Waals surface area contributed by atoms with Crippen LogP contribution in [0.15, 0.2) is 22.7 Å². The van der Waals surface area contributed by atoms with Crippen molar-refractivity contribution in [2.24, 2.45) is 5.92 Å². The van der Waals surface area contributed by atoms with Crippen molar-refractivity contribution < 1.29 is 14.6 Å². The van der Waals surface area contributed by atoms with Gasteiger partial charge >= 0.3 is 5.97 Å². The van der Waals surface area contributed by atoms with Crippen molar-refractivity contribution in [2.45, 2.75) is 20.3 Å². The highest BCUT2D eigenvalue weighted by Gasteiger charge is 2.13. The smallest absolute Gasteiger partial charge is 0.338 e.